The number of methoxy groups -OCH3 is 1. The number of rotatable bonds is 8. The average Bonchev–Trinajstić information content (AvgIpc) is 3.30. The van der Waals surface area contributed by atoms with Gasteiger partial charge < -0.3 is 15.4 Å². The Bertz CT molecular complexity index is 498. The minimum Gasteiger partial charge on any atom is -0.497 e. The molecule has 21 heavy (non-hydrogen) atoms. The van der Waals surface area contributed by atoms with E-state index in [2.05, 4.69) is 0 Å². The summed E-state index contributed by atoms with van der Waals surface area (Å²) in [7, 11) is 1.65. The van der Waals surface area contributed by atoms with Gasteiger partial charge in [0.05, 0.1) is 12.1 Å². The third-order valence-corrected chi connectivity index (χ3v) is 3.90. The van der Waals surface area contributed by atoms with Crippen LogP contribution in [-0.4, -0.2) is 35.5 Å². The molecular formula is C16H22N2O2S. The van der Waals surface area contributed by atoms with Crippen molar-refractivity contribution in [2.45, 2.75) is 38.1 Å². The van der Waals surface area contributed by atoms with E-state index in [1.807, 2.05) is 29.2 Å². The second kappa shape index (κ2) is 7.41. The van der Waals surface area contributed by atoms with E-state index in [0.717, 1.165) is 30.6 Å². The highest BCUT2D eigenvalue weighted by Crippen LogP contribution is 2.27. The van der Waals surface area contributed by atoms with Crippen LogP contribution in [0.5, 0.6) is 5.75 Å². The zero-order valence-corrected chi connectivity index (χ0v) is 13.2. The number of thiocarbonyl (C=S) groups is 1. The standard InChI is InChI=1S/C16H22N2O2S/c1-20-14-7-2-12(3-8-14)4-9-16(19)18(13-5-6-13)11-10-15(17)21/h2-3,7-8,13H,4-6,9-11H2,1H3,(H2,17,21). The second-order valence-corrected chi connectivity index (χ2v) is 5.91. The lowest BCUT2D eigenvalue weighted by atomic mass is 10.1. The molecule has 2 N–H and O–H groups in total. The molecule has 0 aliphatic heterocycles. The maximum absolute atomic E-state index is 12.4. The summed E-state index contributed by atoms with van der Waals surface area (Å²) in [6.45, 7) is 0.654. The maximum atomic E-state index is 12.4. The van der Waals surface area contributed by atoms with Crippen molar-refractivity contribution in [3.63, 3.8) is 0 Å². The Morgan fingerprint density at radius 2 is 2.00 bits per heavy atom. The van der Waals surface area contributed by atoms with Crippen LogP contribution in [0.1, 0.15) is 31.2 Å². The van der Waals surface area contributed by atoms with E-state index in [-0.39, 0.29) is 5.91 Å². The van der Waals surface area contributed by atoms with Gasteiger partial charge in [-0.2, -0.15) is 0 Å². The molecule has 4 nitrogen and oxygen atoms in total. The Morgan fingerprint density at radius 1 is 1.33 bits per heavy atom. The van der Waals surface area contributed by atoms with E-state index in [9.17, 15) is 4.79 Å². The van der Waals surface area contributed by atoms with Crippen molar-refractivity contribution in [3.05, 3.63) is 29.8 Å². The van der Waals surface area contributed by atoms with E-state index in [1.54, 1.807) is 7.11 Å². The second-order valence-electron chi connectivity index (χ2n) is 5.38. The Labute approximate surface area is 131 Å². The van der Waals surface area contributed by atoms with Crippen molar-refractivity contribution < 1.29 is 9.53 Å². The SMILES string of the molecule is COc1ccc(CCC(=O)N(CCC(N)=S)C2CC2)cc1. The van der Waals surface area contributed by atoms with E-state index >= 15 is 0 Å². The van der Waals surface area contributed by atoms with Crippen LogP contribution in [0.25, 0.3) is 0 Å². The summed E-state index contributed by atoms with van der Waals surface area (Å²) < 4.78 is 5.13. The van der Waals surface area contributed by atoms with Gasteiger partial charge in [-0.1, -0.05) is 24.4 Å². The van der Waals surface area contributed by atoms with Gasteiger partial charge >= 0.3 is 0 Å². The van der Waals surface area contributed by atoms with Gasteiger partial charge in [0.25, 0.3) is 0 Å². The molecule has 1 fully saturated rings. The van der Waals surface area contributed by atoms with Gasteiger partial charge in [-0.25, -0.2) is 0 Å². The van der Waals surface area contributed by atoms with Crippen LogP contribution in [0.3, 0.4) is 0 Å². The van der Waals surface area contributed by atoms with Crippen molar-refractivity contribution in [3.8, 4) is 5.75 Å². The van der Waals surface area contributed by atoms with Crippen LogP contribution in [0.2, 0.25) is 0 Å². The molecule has 2 rings (SSSR count). The smallest absolute Gasteiger partial charge is 0.223 e. The van der Waals surface area contributed by atoms with Gasteiger partial charge in [-0.15, -0.1) is 0 Å². The topological polar surface area (TPSA) is 55.6 Å². The van der Waals surface area contributed by atoms with E-state index in [4.69, 9.17) is 22.7 Å². The van der Waals surface area contributed by atoms with Crippen LogP contribution >= 0.6 is 12.2 Å². The zero-order valence-electron chi connectivity index (χ0n) is 12.4. The number of nitrogens with zero attached hydrogens (tertiary/aromatic N) is 1. The number of hydrogen-bond donors (Lipinski definition) is 1. The largest absolute Gasteiger partial charge is 0.497 e. The highest BCUT2D eigenvalue weighted by molar-refractivity contribution is 7.80. The lowest BCUT2D eigenvalue weighted by molar-refractivity contribution is -0.131. The Morgan fingerprint density at radius 3 is 2.52 bits per heavy atom. The molecule has 5 heteroatoms. The molecule has 0 saturated heterocycles. The summed E-state index contributed by atoms with van der Waals surface area (Å²) in [5, 5.41) is 0. The third kappa shape index (κ3) is 5.01. The molecule has 0 aromatic heterocycles. The first kappa shape index (κ1) is 15.8. The van der Waals surface area contributed by atoms with E-state index in [0.29, 0.717) is 30.4 Å². The number of carbonyl (C=O) groups excluding carboxylic acids is 1. The van der Waals surface area contributed by atoms with Crippen molar-refractivity contribution in [1.29, 1.82) is 0 Å². The molecule has 0 atom stereocenters. The summed E-state index contributed by atoms with van der Waals surface area (Å²) in [4.78, 5) is 14.8. The first-order chi connectivity index (χ1) is 10.1. The Balaban J connectivity index is 1.84. The fourth-order valence-corrected chi connectivity index (χ4v) is 2.41. The predicted molar refractivity (Wildman–Crippen MR) is 87.5 cm³/mol. The lowest BCUT2D eigenvalue weighted by Crippen LogP contribution is -2.35. The first-order valence-corrected chi connectivity index (χ1v) is 7.71. The fourth-order valence-electron chi connectivity index (χ4n) is 2.31. The van der Waals surface area contributed by atoms with E-state index < -0.39 is 0 Å². The molecule has 1 saturated carbocycles. The quantitative estimate of drug-likeness (QED) is 0.749. The summed E-state index contributed by atoms with van der Waals surface area (Å²) in [5.41, 5.74) is 6.68. The third-order valence-electron chi connectivity index (χ3n) is 3.69. The number of ether oxygens (including phenoxy) is 1. The minimum absolute atomic E-state index is 0.199. The maximum Gasteiger partial charge on any atom is 0.223 e. The summed E-state index contributed by atoms with van der Waals surface area (Å²) in [6, 6.07) is 8.25. The van der Waals surface area contributed by atoms with Crippen molar-refractivity contribution in [2.75, 3.05) is 13.7 Å². The molecule has 0 bridgehead atoms. The Hall–Kier alpha value is -1.62. The normalized spacial score (nSPS) is 13.8. The van der Waals surface area contributed by atoms with Gasteiger partial charge in [-0.05, 0) is 37.0 Å². The molecule has 1 aliphatic rings. The number of carbonyl (C=O) groups is 1. The van der Waals surface area contributed by atoms with Crippen LogP contribution in [-0.2, 0) is 11.2 Å². The predicted octanol–water partition coefficient (Wildman–Crippen LogP) is 2.30. The lowest BCUT2D eigenvalue weighted by Gasteiger charge is -2.22. The Kier molecular flexibility index (Phi) is 5.56. The fraction of sp³-hybridized carbons (Fsp3) is 0.500. The highest BCUT2D eigenvalue weighted by atomic mass is 32.1. The molecule has 0 heterocycles. The summed E-state index contributed by atoms with van der Waals surface area (Å²) in [6.07, 6.45) is 4.09. The van der Waals surface area contributed by atoms with Gasteiger partial charge in [0.2, 0.25) is 5.91 Å². The summed E-state index contributed by atoms with van der Waals surface area (Å²) in [5.74, 6) is 1.03. The van der Waals surface area contributed by atoms with Crippen LogP contribution in [0.15, 0.2) is 24.3 Å². The highest BCUT2D eigenvalue weighted by Gasteiger charge is 2.31. The number of benzene rings is 1. The molecule has 1 aromatic rings. The van der Waals surface area contributed by atoms with Crippen LogP contribution in [0.4, 0.5) is 0 Å². The molecule has 1 aromatic carbocycles. The number of nitrogens with two attached hydrogens (primary N) is 1. The zero-order chi connectivity index (χ0) is 15.2. The molecule has 1 amide bonds. The number of amides is 1. The van der Waals surface area contributed by atoms with Crippen molar-refractivity contribution in [1.82, 2.24) is 4.90 Å². The number of aryl methyl sites for hydroxylation is 1. The van der Waals surface area contributed by atoms with E-state index in [1.165, 1.54) is 0 Å². The monoisotopic (exact) mass is 306 g/mol. The molecule has 1 aliphatic carbocycles. The summed E-state index contributed by atoms with van der Waals surface area (Å²) >= 11 is 4.90. The molecule has 0 spiro atoms. The minimum atomic E-state index is 0.199. The molecule has 114 valence electrons. The number of hydrogen-bond acceptors (Lipinski definition) is 3. The molecule has 0 unspecified atom stereocenters. The van der Waals surface area contributed by atoms with Crippen molar-refractivity contribution in [2.24, 2.45) is 5.73 Å². The van der Waals surface area contributed by atoms with Gasteiger partial charge in [-0.3, -0.25) is 4.79 Å². The molecular weight excluding hydrogens is 284 g/mol. The van der Waals surface area contributed by atoms with Gasteiger partial charge in [0, 0.05) is 25.4 Å². The van der Waals surface area contributed by atoms with Crippen LogP contribution < -0.4 is 10.5 Å². The van der Waals surface area contributed by atoms with Gasteiger partial charge in [0.15, 0.2) is 0 Å². The van der Waals surface area contributed by atoms with Crippen molar-refractivity contribution >= 4 is 23.1 Å². The first-order valence-electron chi connectivity index (χ1n) is 7.31. The molecule has 0 radical (unpaired) electrons. The average molecular weight is 306 g/mol. The van der Waals surface area contributed by atoms with Crippen LogP contribution in [0, 0.1) is 0 Å². The van der Waals surface area contributed by atoms with Gasteiger partial charge in [0.1, 0.15) is 5.75 Å².